The van der Waals surface area contributed by atoms with Crippen LogP contribution in [0.1, 0.15) is 42.4 Å². The molecular weight excluding hydrogens is 346 g/mol. The average Bonchev–Trinajstić information content (AvgIpc) is 3.04. The summed E-state index contributed by atoms with van der Waals surface area (Å²) in [7, 11) is 0. The van der Waals surface area contributed by atoms with Gasteiger partial charge in [0, 0.05) is 38.8 Å². The van der Waals surface area contributed by atoms with Gasteiger partial charge in [-0.05, 0) is 19.1 Å². The molecule has 2 fully saturated rings. The van der Waals surface area contributed by atoms with Gasteiger partial charge >= 0.3 is 0 Å². The number of amides is 1. The highest BCUT2D eigenvalue weighted by molar-refractivity contribution is 5.94. The van der Waals surface area contributed by atoms with Gasteiger partial charge in [0.25, 0.3) is 12.3 Å². The number of rotatable bonds is 2. The van der Waals surface area contributed by atoms with Crippen LogP contribution in [0.15, 0.2) is 18.3 Å². The van der Waals surface area contributed by atoms with E-state index >= 15 is 0 Å². The summed E-state index contributed by atoms with van der Waals surface area (Å²) in [5.41, 5.74) is 0.226. The molecule has 1 atom stereocenters. The maximum Gasteiger partial charge on any atom is 0.297 e. The molecule has 9 heteroatoms. The van der Waals surface area contributed by atoms with E-state index in [4.69, 9.17) is 9.47 Å². The molecule has 2 aromatic rings. The molecule has 0 saturated carbocycles. The van der Waals surface area contributed by atoms with Crippen molar-refractivity contribution in [3.05, 3.63) is 29.7 Å². The van der Waals surface area contributed by atoms with Crippen molar-refractivity contribution in [2.24, 2.45) is 0 Å². The predicted molar refractivity (Wildman–Crippen MR) is 87.2 cm³/mol. The van der Waals surface area contributed by atoms with Gasteiger partial charge in [-0.1, -0.05) is 0 Å². The molecule has 1 unspecified atom stereocenters. The number of hydrogen-bond acceptors (Lipinski definition) is 5. The van der Waals surface area contributed by atoms with Crippen molar-refractivity contribution in [2.45, 2.75) is 37.9 Å². The Morgan fingerprint density at radius 1 is 1.31 bits per heavy atom. The summed E-state index contributed by atoms with van der Waals surface area (Å²) >= 11 is 0. The number of aromatic nitrogens is 3. The smallest absolute Gasteiger partial charge is 0.297 e. The van der Waals surface area contributed by atoms with E-state index in [0.29, 0.717) is 31.9 Å². The highest BCUT2D eigenvalue weighted by atomic mass is 19.3. The Labute approximate surface area is 148 Å². The molecule has 1 amide bonds. The van der Waals surface area contributed by atoms with Gasteiger partial charge in [0.15, 0.2) is 5.65 Å². The quantitative estimate of drug-likeness (QED) is 0.814. The van der Waals surface area contributed by atoms with E-state index in [1.54, 1.807) is 11.0 Å². The average molecular weight is 366 g/mol. The molecule has 4 heterocycles. The first-order chi connectivity index (χ1) is 12.5. The summed E-state index contributed by atoms with van der Waals surface area (Å²) < 4.78 is 38.9. The van der Waals surface area contributed by atoms with E-state index in [1.807, 2.05) is 6.92 Å². The van der Waals surface area contributed by atoms with Gasteiger partial charge in [-0.3, -0.25) is 9.20 Å². The number of ether oxygens (including phenoxy) is 2. The van der Waals surface area contributed by atoms with Gasteiger partial charge in [-0.2, -0.15) is 0 Å². The van der Waals surface area contributed by atoms with Gasteiger partial charge in [0.1, 0.15) is 0 Å². The Morgan fingerprint density at radius 2 is 2.08 bits per heavy atom. The van der Waals surface area contributed by atoms with Crippen molar-refractivity contribution in [1.82, 2.24) is 19.5 Å². The lowest BCUT2D eigenvalue weighted by Gasteiger charge is -2.47. The number of pyridine rings is 1. The number of fused-ring (bicyclic) bond motifs is 1. The van der Waals surface area contributed by atoms with Crippen LogP contribution in [-0.4, -0.2) is 63.4 Å². The van der Waals surface area contributed by atoms with Crippen molar-refractivity contribution >= 4 is 11.6 Å². The molecule has 0 aromatic carbocycles. The summed E-state index contributed by atoms with van der Waals surface area (Å²) in [6.07, 6.45) is 0.00315. The monoisotopic (exact) mass is 366 g/mol. The molecule has 2 saturated heterocycles. The van der Waals surface area contributed by atoms with Crippen LogP contribution in [0.2, 0.25) is 0 Å². The molecule has 26 heavy (non-hydrogen) atoms. The minimum atomic E-state index is -2.76. The van der Waals surface area contributed by atoms with E-state index in [-0.39, 0.29) is 23.3 Å². The molecule has 1 spiro atoms. The van der Waals surface area contributed by atoms with Crippen molar-refractivity contribution in [1.29, 1.82) is 0 Å². The van der Waals surface area contributed by atoms with Gasteiger partial charge in [0.2, 0.25) is 5.82 Å². The number of carbonyl (C=O) groups is 1. The van der Waals surface area contributed by atoms with E-state index in [1.165, 1.54) is 16.7 Å². The molecule has 140 valence electrons. The summed E-state index contributed by atoms with van der Waals surface area (Å²) in [6.45, 7) is 4.09. The third-order valence-corrected chi connectivity index (χ3v) is 4.97. The van der Waals surface area contributed by atoms with Crippen LogP contribution in [-0.2, 0) is 9.47 Å². The fourth-order valence-corrected chi connectivity index (χ4v) is 3.76. The maximum atomic E-state index is 13.1. The Hall–Kier alpha value is -2.13. The summed E-state index contributed by atoms with van der Waals surface area (Å²) in [4.78, 5) is 14.8. The lowest BCUT2D eigenvalue weighted by molar-refractivity contribution is -0.176. The third kappa shape index (κ3) is 3.05. The zero-order valence-corrected chi connectivity index (χ0v) is 14.4. The first-order valence-corrected chi connectivity index (χ1v) is 8.65. The number of nitrogens with zero attached hydrogens (tertiary/aromatic N) is 4. The molecule has 2 aromatic heterocycles. The van der Waals surface area contributed by atoms with Gasteiger partial charge in [0.05, 0.1) is 23.8 Å². The van der Waals surface area contributed by atoms with Crippen LogP contribution < -0.4 is 0 Å². The van der Waals surface area contributed by atoms with Crippen LogP contribution in [0, 0.1) is 0 Å². The molecule has 7 nitrogen and oxygen atoms in total. The zero-order valence-electron chi connectivity index (χ0n) is 14.4. The molecule has 0 aliphatic carbocycles. The largest absolute Gasteiger partial charge is 0.381 e. The highest BCUT2D eigenvalue weighted by Gasteiger charge is 2.42. The lowest BCUT2D eigenvalue weighted by atomic mass is 9.91. The van der Waals surface area contributed by atoms with Crippen LogP contribution >= 0.6 is 0 Å². The summed E-state index contributed by atoms with van der Waals surface area (Å²) in [5, 5.41) is 7.20. The second-order valence-corrected chi connectivity index (χ2v) is 6.91. The second kappa shape index (κ2) is 6.55. The number of alkyl halides is 2. The Morgan fingerprint density at radius 3 is 2.81 bits per heavy atom. The van der Waals surface area contributed by atoms with Gasteiger partial charge < -0.3 is 14.4 Å². The first-order valence-electron chi connectivity index (χ1n) is 8.65. The predicted octanol–water partition coefficient (Wildman–Crippen LogP) is 2.08. The maximum absolute atomic E-state index is 13.1. The number of hydrogen-bond donors (Lipinski definition) is 0. The van der Waals surface area contributed by atoms with Crippen LogP contribution in [0.3, 0.4) is 0 Å². The molecule has 4 rings (SSSR count). The van der Waals surface area contributed by atoms with E-state index in [9.17, 15) is 13.6 Å². The van der Waals surface area contributed by atoms with Crippen molar-refractivity contribution in [2.75, 3.05) is 26.3 Å². The molecule has 0 radical (unpaired) electrons. The standard InChI is InChI=1S/C17H20F2N4O3/c1-11-8-22(10-17(26-11)4-6-25-7-5-17)16(24)12-2-3-13-20-21-15(14(18)19)23(13)9-12/h2-3,9,11,14H,4-8,10H2,1H3. The van der Waals surface area contributed by atoms with E-state index in [2.05, 4.69) is 10.2 Å². The first kappa shape index (κ1) is 17.3. The minimum absolute atomic E-state index is 0.0962. The topological polar surface area (TPSA) is 69.0 Å². The van der Waals surface area contributed by atoms with Crippen LogP contribution in [0.4, 0.5) is 8.78 Å². The van der Waals surface area contributed by atoms with Crippen LogP contribution in [0.5, 0.6) is 0 Å². The Balaban J connectivity index is 1.62. The van der Waals surface area contributed by atoms with E-state index in [0.717, 1.165) is 12.8 Å². The second-order valence-electron chi connectivity index (χ2n) is 6.91. The molecule has 0 bridgehead atoms. The Bertz CT molecular complexity index is 819. The summed E-state index contributed by atoms with van der Waals surface area (Å²) in [5.74, 6) is -0.673. The SMILES string of the molecule is CC1CN(C(=O)c2ccc3nnc(C(F)F)n3c2)CC2(CCOCC2)O1. The summed E-state index contributed by atoms with van der Waals surface area (Å²) in [6, 6.07) is 3.12. The number of halogens is 2. The molecular formula is C17H20F2N4O3. The fourth-order valence-electron chi connectivity index (χ4n) is 3.76. The van der Waals surface area contributed by atoms with Crippen molar-refractivity contribution in [3.63, 3.8) is 0 Å². The number of carbonyl (C=O) groups excluding carboxylic acids is 1. The van der Waals surface area contributed by atoms with Crippen molar-refractivity contribution < 1.29 is 23.0 Å². The van der Waals surface area contributed by atoms with Crippen LogP contribution in [0.25, 0.3) is 5.65 Å². The number of morpholine rings is 1. The molecule has 2 aliphatic heterocycles. The minimum Gasteiger partial charge on any atom is -0.381 e. The molecule has 0 N–H and O–H groups in total. The molecule has 2 aliphatic rings. The van der Waals surface area contributed by atoms with E-state index < -0.39 is 12.2 Å². The zero-order chi connectivity index (χ0) is 18.3. The Kier molecular flexibility index (Phi) is 4.36. The normalized spacial score (nSPS) is 23.1. The third-order valence-electron chi connectivity index (χ3n) is 4.97. The fraction of sp³-hybridized carbons (Fsp3) is 0.588. The lowest BCUT2D eigenvalue weighted by Crippen LogP contribution is -2.58. The van der Waals surface area contributed by atoms with Gasteiger partial charge in [-0.15, -0.1) is 10.2 Å². The van der Waals surface area contributed by atoms with Gasteiger partial charge in [-0.25, -0.2) is 8.78 Å². The van der Waals surface area contributed by atoms with Crippen molar-refractivity contribution in [3.8, 4) is 0 Å². The highest BCUT2D eigenvalue weighted by Crippen LogP contribution is 2.32.